The molecule has 0 aliphatic carbocycles. The number of aromatic amines is 1. The average molecular weight is 243 g/mol. The normalized spacial score (nSPS) is 9.00. The van der Waals surface area contributed by atoms with Crippen molar-refractivity contribution in [1.82, 2.24) is 9.97 Å². The molecule has 0 amide bonds. The average Bonchev–Trinajstić information content (AvgIpc) is 2.10. The number of rotatable bonds is 1. The molecule has 0 bridgehead atoms. The van der Waals surface area contributed by atoms with Crippen molar-refractivity contribution in [2.45, 2.75) is 6.42 Å². The predicted octanol–water partition coefficient (Wildman–Crippen LogP) is 0.612. The van der Waals surface area contributed by atoms with E-state index in [0.717, 1.165) is 11.7 Å². The summed E-state index contributed by atoms with van der Waals surface area (Å²) in [4.78, 5) is 16.9. The molecule has 2 N–H and O–H groups in total. The van der Waals surface area contributed by atoms with E-state index < -0.39 is 5.56 Å². The fourth-order valence-electron chi connectivity index (χ4n) is 0.701. The summed E-state index contributed by atoms with van der Waals surface area (Å²) in [6.07, 6.45) is 1.75. The number of aromatic hydroxyl groups is 1. The molecule has 5 heteroatoms. The molecular weight excluding hydrogens is 236 g/mol. The summed E-state index contributed by atoms with van der Waals surface area (Å²) in [5.74, 6) is 4.93. The molecule has 0 spiro atoms. The van der Waals surface area contributed by atoms with Gasteiger partial charge in [-0.2, -0.15) is 0 Å². The molecule has 1 rings (SSSR count). The van der Waals surface area contributed by atoms with Gasteiger partial charge in [-0.05, 0) is 0 Å². The summed E-state index contributed by atoms with van der Waals surface area (Å²) in [5, 5.41) is 9.88. The molecule has 4 nitrogen and oxygen atoms in total. The smallest absolute Gasteiger partial charge is 0.270 e. The Labute approximate surface area is 83.2 Å². The van der Waals surface area contributed by atoms with E-state index in [9.17, 15) is 4.79 Å². The molecule has 0 aromatic carbocycles. The second kappa shape index (κ2) is 4.67. The van der Waals surface area contributed by atoms with Crippen molar-refractivity contribution in [1.29, 1.82) is 0 Å². The van der Waals surface area contributed by atoms with Crippen LogP contribution < -0.4 is 5.56 Å². The minimum Gasteiger partial charge on any atom is -0.492 e. The lowest BCUT2D eigenvalue weighted by Gasteiger charge is -1.91. The van der Waals surface area contributed by atoms with Crippen LogP contribution in [0.3, 0.4) is 0 Å². The predicted molar refractivity (Wildman–Crippen MR) is 51.8 cm³/mol. The fourth-order valence-corrected chi connectivity index (χ4v) is 0.899. The largest absolute Gasteiger partial charge is 0.492 e. The van der Waals surface area contributed by atoms with Gasteiger partial charge >= 0.3 is 0 Å². The van der Waals surface area contributed by atoms with Crippen molar-refractivity contribution < 1.29 is 5.11 Å². The summed E-state index contributed by atoms with van der Waals surface area (Å²) < 4.78 is 0. The van der Waals surface area contributed by atoms with Crippen LogP contribution in [-0.2, 0) is 0 Å². The van der Waals surface area contributed by atoms with Crippen molar-refractivity contribution in [2.24, 2.45) is 0 Å². The Morgan fingerprint density at radius 1 is 1.69 bits per heavy atom. The first-order valence-corrected chi connectivity index (χ1v) is 4.69. The molecule has 0 aliphatic rings. The maximum atomic E-state index is 11.1. The van der Waals surface area contributed by atoms with Crippen molar-refractivity contribution in [3.8, 4) is 17.7 Å². The van der Waals surface area contributed by atoms with Crippen LogP contribution in [0.1, 0.15) is 12.0 Å². The lowest BCUT2D eigenvalue weighted by molar-refractivity contribution is 0.449. The van der Waals surface area contributed by atoms with E-state index in [1.165, 1.54) is 0 Å². The number of H-pyrrole nitrogens is 1. The SMILES string of the molecule is O=c1[nH]cnc(O)c1C#CCCBr. The molecule has 0 unspecified atom stereocenters. The first kappa shape index (κ1) is 9.81. The Bertz CT molecular complexity index is 403. The summed E-state index contributed by atoms with van der Waals surface area (Å²) in [5.41, 5.74) is -0.405. The zero-order valence-corrected chi connectivity index (χ0v) is 8.26. The second-order valence-corrected chi connectivity index (χ2v) is 2.96. The number of nitrogens with one attached hydrogen (secondary N) is 1. The van der Waals surface area contributed by atoms with Gasteiger partial charge in [-0.15, -0.1) is 0 Å². The van der Waals surface area contributed by atoms with Crippen LogP contribution in [0.25, 0.3) is 0 Å². The monoisotopic (exact) mass is 242 g/mol. The Morgan fingerprint density at radius 3 is 3.08 bits per heavy atom. The summed E-state index contributed by atoms with van der Waals surface area (Å²) in [6.45, 7) is 0. The van der Waals surface area contributed by atoms with E-state index in [1.807, 2.05) is 0 Å². The quantitative estimate of drug-likeness (QED) is 0.561. The molecule has 0 aliphatic heterocycles. The number of hydrogen-bond donors (Lipinski definition) is 2. The number of halogens is 1. The van der Waals surface area contributed by atoms with Gasteiger partial charge in [-0.1, -0.05) is 27.8 Å². The van der Waals surface area contributed by atoms with Crippen molar-refractivity contribution in [3.05, 3.63) is 22.2 Å². The highest BCUT2D eigenvalue weighted by Crippen LogP contribution is 2.03. The zero-order chi connectivity index (χ0) is 9.68. The fraction of sp³-hybridized carbons (Fsp3) is 0.250. The standard InChI is InChI=1S/C8H7BrN2O2/c9-4-2-1-3-6-7(12)10-5-11-8(6)13/h5H,2,4H2,(H2,10,11,12,13). The molecule has 0 saturated carbocycles. The third-order valence-electron chi connectivity index (χ3n) is 1.27. The molecule has 13 heavy (non-hydrogen) atoms. The molecule has 0 atom stereocenters. The Balaban J connectivity index is 3.02. The number of hydrogen-bond acceptors (Lipinski definition) is 3. The first-order chi connectivity index (χ1) is 6.25. The van der Waals surface area contributed by atoms with Gasteiger partial charge < -0.3 is 10.1 Å². The first-order valence-electron chi connectivity index (χ1n) is 3.57. The van der Waals surface area contributed by atoms with E-state index >= 15 is 0 Å². The van der Waals surface area contributed by atoms with Crippen molar-refractivity contribution >= 4 is 15.9 Å². The molecule has 0 saturated heterocycles. The van der Waals surface area contributed by atoms with Crippen molar-refractivity contribution in [2.75, 3.05) is 5.33 Å². The molecule has 1 heterocycles. The van der Waals surface area contributed by atoms with Crippen LogP contribution in [0.15, 0.2) is 11.1 Å². The van der Waals surface area contributed by atoms with Crippen LogP contribution in [-0.4, -0.2) is 20.4 Å². The number of nitrogens with zero attached hydrogens (tertiary/aromatic N) is 1. The summed E-state index contributed by atoms with van der Waals surface area (Å²) >= 11 is 3.19. The van der Waals surface area contributed by atoms with Gasteiger partial charge in [0.25, 0.3) is 5.56 Å². The van der Waals surface area contributed by atoms with Crippen LogP contribution in [0.2, 0.25) is 0 Å². The highest BCUT2D eigenvalue weighted by atomic mass is 79.9. The third-order valence-corrected chi connectivity index (χ3v) is 1.66. The van der Waals surface area contributed by atoms with Crippen LogP contribution in [0, 0.1) is 11.8 Å². The maximum absolute atomic E-state index is 11.1. The minimum absolute atomic E-state index is 0.0171. The van der Waals surface area contributed by atoms with E-state index in [-0.39, 0.29) is 11.4 Å². The van der Waals surface area contributed by atoms with Crippen LogP contribution in [0.5, 0.6) is 5.88 Å². The van der Waals surface area contributed by atoms with Crippen LogP contribution in [0.4, 0.5) is 0 Å². The molecule has 0 fully saturated rings. The molecule has 68 valence electrons. The lowest BCUT2D eigenvalue weighted by Crippen LogP contribution is -2.09. The van der Waals surface area contributed by atoms with Gasteiger partial charge in [-0.25, -0.2) is 4.98 Å². The highest BCUT2D eigenvalue weighted by molar-refractivity contribution is 9.09. The lowest BCUT2D eigenvalue weighted by atomic mass is 10.3. The van der Waals surface area contributed by atoms with E-state index in [4.69, 9.17) is 5.11 Å². The summed E-state index contributed by atoms with van der Waals surface area (Å²) in [6, 6.07) is 0. The Hall–Kier alpha value is -1.28. The Morgan fingerprint density at radius 2 is 2.46 bits per heavy atom. The number of alkyl halides is 1. The van der Waals surface area contributed by atoms with Crippen LogP contribution >= 0.6 is 15.9 Å². The summed E-state index contributed by atoms with van der Waals surface area (Å²) in [7, 11) is 0. The van der Waals surface area contributed by atoms with Gasteiger partial charge in [0.1, 0.15) is 0 Å². The van der Waals surface area contributed by atoms with Crippen molar-refractivity contribution in [3.63, 3.8) is 0 Å². The molecule has 1 aromatic rings. The minimum atomic E-state index is -0.422. The highest BCUT2D eigenvalue weighted by Gasteiger charge is 2.02. The van der Waals surface area contributed by atoms with E-state index in [1.54, 1.807) is 0 Å². The third kappa shape index (κ3) is 2.60. The molecular formula is C8H7BrN2O2. The topological polar surface area (TPSA) is 66.0 Å². The maximum Gasteiger partial charge on any atom is 0.270 e. The second-order valence-electron chi connectivity index (χ2n) is 2.17. The van der Waals surface area contributed by atoms with Gasteiger partial charge in [0.2, 0.25) is 5.88 Å². The van der Waals surface area contributed by atoms with Gasteiger partial charge in [0.15, 0.2) is 5.56 Å². The van der Waals surface area contributed by atoms with E-state index in [2.05, 4.69) is 37.7 Å². The molecule has 1 aromatic heterocycles. The zero-order valence-electron chi connectivity index (χ0n) is 6.67. The van der Waals surface area contributed by atoms with Gasteiger partial charge in [0.05, 0.1) is 6.33 Å². The van der Waals surface area contributed by atoms with E-state index in [0.29, 0.717) is 6.42 Å². The molecule has 0 radical (unpaired) electrons. The Kier molecular flexibility index (Phi) is 3.53. The number of aromatic nitrogens is 2. The van der Waals surface area contributed by atoms with Gasteiger partial charge in [0, 0.05) is 11.8 Å². The van der Waals surface area contributed by atoms with Gasteiger partial charge in [-0.3, -0.25) is 4.79 Å².